The van der Waals surface area contributed by atoms with Crippen molar-refractivity contribution < 1.29 is 0 Å². The minimum absolute atomic E-state index is 0.0302. The first-order chi connectivity index (χ1) is 6.15. The van der Waals surface area contributed by atoms with Gasteiger partial charge in [-0.05, 0) is 25.0 Å². The molecule has 1 rings (SSSR count). The predicted molar refractivity (Wildman–Crippen MR) is 57.3 cm³/mol. The molecule has 0 spiro atoms. The molecule has 0 aromatic heterocycles. The lowest BCUT2D eigenvalue weighted by Crippen LogP contribution is -2.11. The van der Waals surface area contributed by atoms with Crippen molar-refractivity contribution in [2.75, 3.05) is 5.73 Å². The molecule has 0 aliphatic carbocycles. The van der Waals surface area contributed by atoms with Crippen LogP contribution in [0.2, 0.25) is 0 Å². The minimum Gasteiger partial charge on any atom is -0.398 e. The molecule has 0 fully saturated rings. The van der Waals surface area contributed by atoms with Crippen molar-refractivity contribution in [3.05, 3.63) is 42.0 Å². The van der Waals surface area contributed by atoms with E-state index in [1.165, 1.54) is 5.56 Å². The fourth-order valence-corrected chi connectivity index (χ4v) is 1.32. The maximum atomic E-state index is 5.92. The number of anilines is 1. The molecule has 0 heterocycles. The Morgan fingerprint density at radius 1 is 1.54 bits per heavy atom. The standard InChI is InChI=1S/C11H16N2/c1-3-4-10(12)9-7-8(2)5-6-11(9)13/h3,5-7,10H,1,4,12-13H2,2H3/t10-/m1/s1. The Morgan fingerprint density at radius 3 is 2.85 bits per heavy atom. The van der Waals surface area contributed by atoms with Gasteiger partial charge in [0.05, 0.1) is 0 Å². The lowest BCUT2D eigenvalue weighted by atomic mass is 10.0. The topological polar surface area (TPSA) is 52.0 Å². The summed E-state index contributed by atoms with van der Waals surface area (Å²) in [6.07, 6.45) is 2.57. The molecule has 0 radical (unpaired) electrons. The smallest absolute Gasteiger partial charge is 0.0362 e. The van der Waals surface area contributed by atoms with Crippen LogP contribution in [0.3, 0.4) is 0 Å². The van der Waals surface area contributed by atoms with E-state index in [9.17, 15) is 0 Å². The van der Waals surface area contributed by atoms with E-state index in [0.717, 1.165) is 17.7 Å². The summed E-state index contributed by atoms with van der Waals surface area (Å²) in [5.74, 6) is 0. The summed E-state index contributed by atoms with van der Waals surface area (Å²) >= 11 is 0. The van der Waals surface area contributed by atoms with Crippen molar-refractivity contribution in [2.24, 2.45) is 5.73 Å². The molecule has 1 atom stereocenters. The van der Waals surface area contributed by atoms with Crippen LogP contribution < -0.4 is 11.5 Å². The molecule has 70 valence electrons. The van der Waals surface area contributed by atoms with Gasteiger partial charge in [-0.3, -0.25) is 0 Å². The quantitative estimate of drug-likeness (QED) is 0.547. The summed E-state index contributed by atoms with van der Waals surface area (Å²) in [6, 6.07) is 5.88. The Labute approximate surface area is 79.2 Å². The average Bonchev–Trinajstić information content (AvgIpc) is 2.09. The Hall–Kier alpha value is -1.28. The summed E-state index contributed by atoms with van der Waals surface area (Å²) in [6.45, 7) is 5.69. The Balaban J connectivity index is 2.97. The van der Waals surface area contributed by atoms with Gasteiger partial charge in [-0.25, -0.2) is 0 Å². The zero-order valence-corrected chi connectivity index (χ0v) is 7.96. The van der Waals surface area contributed by atoms with Gasteiger partial charge in [0.2, 0.25) is 0 Å². The fraction of sp³-hybridized carbons (Fsp3) is 0.273. The first-order valence-electron chi connectivity index (χ1n) is 4.37. The fourth-order valence-electron chi connectivity index (χ4n) is 1.32. The Morgan fingerprint density at radius 2 is 2.23 bits per heavy atom. The second kappa shape index (κ2) is 4.10. The summed E-state index contributed by atoms with van der Waals surface area (Å²) in [4.78, 5) is 0. The van der Waals surface area contributed by atoms with Gasteiger partial charge < -0.3 is 11.5 Å². The number of nitrogen functional groups attached to an aromatic ring is 1. The van der Waals surface area contributed by atoms with Crippen molar-refractivity contribution >= 4 is 5.69 Å². The molecule has 13 heavy (non-hydrogen) atoms. The lowest BCUT2D eigenvalue weighted by molar-refractivity contribution is 0.743. The summed E-state index contributed by atoms with van der Waals surface area (Å²) < 4.78 is 0. The monoisotopic (exact) mass is 176 g/mol. The second-order valence-electron chi connectivity index (χ2n) is 3.26. The zero-order valence-electron chi connectivity index (χ0n) is 7.96. The van der Waals surface area contributed by atoms with Gasteiger partial charge in [0, 0.05) is 11.7 Å². The maximum Gasteiger partial charge on any atom is 0.0362 e. The third-order valence-electron chi connectivity index (χ3n) is 2.06. The summed E-state index contributed by atoms with van der Waals surface area (Å²) in [7, 11) is 0. The number of hydrogen-bond acceptors (Lipinski definition) is 2. The molecule has 1 aromatic carbocycles. The van der Waals surface area contributed by atoms with Gasteiger partial charge in [-0.2, -0.15) is 0 Å². The first kappa shape index (κ1) is 9.81. The van der Waals surface area contributed by atoms with Crippen molar-refractivity contribution in [2.45, 2.75) is 19.4 Å². The van der Waals surface area contributed by atoms with Crippen LogP contribution in [0.25, 0.3) is 0 Å². The van der Waals surface area contributed by atoms with Crippen LogP contribution >= 0.6 is 0 Å². The van der Waals surface area contributed by atoms with Gasteiger partial charge in [-0.1, -0.05) is 23.8 Å². The van der Waals surface area contributed by atoms with Crippen LogP contribution in [0, 0.1) is 6.92 Å². The van der Waals surface area contributed by atoms with E-state index in [-0.39, 0.29) is 6.04 Å². The van der Waals surface area contributed by atoms with Gasteiger partial charge in [-0.15, -0.1) is 6.58 Å². The Kier molecular flexibility index (Phi) is 3.09. The SMILES string of the molecule is C=CC[C@@H](N)c1cc(C)ccc1N. The highest BCUT2D eigenvalue weighted by Gasteiger charge is 2.07. The molecule has 4 N–H and O–H groups in total. The van der Waals surface area contributed by atoms with Crippen LogP contribution in [-0.2, 0) is 0 Å². The number of hydrogen-bond donors (Lipinski definition) is 2. The summed E-state index contributed by atoms with van der Waals surface area (Å²) in [5.41, 5.74) is 14.7. The highest BCUT2D eigenvalue weighted by atomic mass is 14.7. The molecule has 2 nitrogen and oxygen atoms in total. The van der Waals surface area contributed by atoms with Gasteiger partial charge in [0.1, 0.15) is 0 Å². The molecule has 0 amide bonds. The molecule has 0 aliphatic heterocycles. The lowest BCUT2D eigenvalue weighted by Gasteiger charge is -2.12. The number of nitrogens with two attached hydrogens (primary N) is 2. The molecule has 0 saturated carbocycles. The van der Waals surface area contributed by atoms with Crippen molar-refractivity contribution in [1.29, 1.82) is 0 Å². The van der Waals surface area contributed by atoms with Crippen LogP contribution in [0.5, 0.6) is 0 Å². The molecular formula is C11H16N2. The zero-order chi connectivity index (χ0) is 9.84. The van der Waals surface area contributed by atoms with Gasteiger partial charge in [0.15, 0.2) is 0 Å². The largest absolute Gasteiger partial charge is 0.398 e. The van der Waals surface area contributed by atoms with E-state index in [1.807, 2.05) is 31.2 Å². The number of benzene rings is 1. The van der Waals surface area contributed by atoms with Crippen molar-refractivity contribution in [1.82, 2.24) is 0 Å². The maximum absolute atomic E-state index is 5.92. The average molecular weight is 176 g/mol. The highest BCUT2D eigenvalue weighted by molar-refractivity contribution is 5.50. The molecule has 0 aliphatic rings. The highest BCUT2D eigenvalue weighted by Crippen LogP contribution is 2.22. The van der Waals surface area contributed by atoms with E-state index in [0.29, 0.717) is 0 Å². The Bertz CT molecular complexity index is 305. The van der Waals surface area contributed by atoms with E-state index in [2.05, 4.69) is 6.58 Å². The van der Waals surface area contributed by atoms with Crippen LogP contribution in [0.15, 0.2) is 30.9 Å². The first-order valence-corrected chi connectivity index (χ1v) is 4.37. The van der Waals surface area contributed by atoms with Crippen molar-refractivity contribution in [3.8, 4) is 0 Å². The minimum atomic E-state index is -0.0302. The van der Waals surface area contributed by atoms with Gasteiger partial charge >= 0.3 is 0 Å². The third kappa shape index (κ3) is 2.33. The van der Waals surface area contributed by atoms with Crippen molar-refractivity contribution in [3.63, 3.8) is 0 Å². The van der Waals surface area contributed by atoms with E-state index < -0.39 is 0 Å². The number of aryl methyl sites for hydroxylation is 1. The molecule has 0 unspecified atom stereocenters. The van der Waals surface area contributed by atoms with E-state index in [4.69, 9.17) is 11.5 Å². The number of rotatable bonds is 3. The van der Waals surface area contributed by atoms with E-state index in [1.54, 1.807) is 0 Å². The third-order valence-corrected chi connectivity index (χ3v) is 2.06. The van der Waals surface area contributed by atoms with E-state index >= 15 is 0 Å². The summed E-state index contributed by atoms with van der Waals surface area (Å²) in [5, 5.41) is 0. The molecule has 1 aromatic rings. The molecule has 2 heteroatoms. The van der Waals surface area contributed by atoms with Crippen LogP contribution in [0.4, 0.5) is 5.69 Å². The second-order valence-corrected chi connectivity index (χ2v) is 3.26. The molecular weight excluding hydrogens is 160 g/mol. The molecule has 0 bridgehead atoms. The normalized spacial score (nSPS) is 12.5. The van der Waals surface area contributed by atoms with Gasteiger partial charge in [0.25, 0.3) is 0 Å². The predicted octanol–water partition coefficient (Wildman–Crippen LogP) is 2.15. The van der Waals surface area contributed by atoms with Crippen LogP contribution in [-0.4, -0.2) is 0 Å². The van der Waals surface area contributed by atoms with Crippen LogP contribution in [0.1, 0.15) is 23.6 Å². The molecule has 0 saturated heterocycles.